The van der Waals surface area contributed by atoms with Crippen LogP contribution in [0.15, 0.2) is 36.4 Å². The van der Waals surface area contributed by atoms with E-state index < -0.39 is 0 Å². The Bertz CT molecular complexity index is 859. The minimum atomic E-state index is 0.0259. The summed E-state index contributed by atoms with van der Waals surface area (Å²) in [5.41, 5.74) is 7.69. The second-order valence-corrected chi connectivity index (χ2v) is 7.50. The molecule has 1 unspecified atom stereocenters. The summed E-state index contributed by atoms with van der Waals surface area (Å²) < 4.78 is 0. The van der Waals surface area contributed by atoms with Gasteiger partial charge in [0.2, 0.25) is 0 Å². The zero-order valence-corrected chi connectivity index (χ0v) is 16.8. The van der Waals surface area contributed by atoms with Crippen LogP contribution in [0.2, 0.25) is 0 Å². The van der Waals surface area contributed by atoms with Gasteiger partial charge in [0.25, 0.3) is 0 Å². The molecule has 2 aromatic carbocycles. The lowest BCUT2D eigenvalue weighted by Gasteiger charge is -2.28. The van der Waals surface area contributed by atoms with E-state index in [-0.39, 0.29) is 5.41 Å². The summed E-state index contributed by atoms with van der Waals surface area (Å²) >= 11 is 4.07. The fraction of sp³-hybridized carbons (Fsp3) is 0.360. The molecule has 26 heavy (non-hydrogen) atoms. The van der Waals surface area contributed by atoms with E-state index in [1.165, 1.54) is 47.9 Å². The Balaban J connectivity index is 2.10. The largest absolute Gasteiger partial charge is 0.101 e. The molecule has 1 atom stereocenters. The van der Waals surface area contributed by atoms with Crippen molar-refractivity contribution in [2.45, 2.75) is 58.3 Å². The maximum absolute atomic E-state index is 4.07. The Labute approximate surface area is 163 Å². The normalized spacial score (nSPS) is 16.8. The van der Waals surface area contributed by atoms with Crippen LogP contribution in [-0.4, -0.2) is 0 Å². The van der Waals surface area contributed by atoms with Crippen molar-refractivity contribution in [1.82, 2.24) is 0 Å². The van der Waals surface area contributed by atoms with Gasteiger partial charge >= 0.3 is 0 Å². The molecule has 0 saturated carbocycles. The molecule has 2 aromatic rings. The third kappa shape index (κ3) is 3.42. The molecular weight excluding hydrogens is 332 g/mol. The highest BCUT2D eigenvalue weighted by Gasteiger charge is 2.39. The van der Waals surface area contributed by atoms with Gasteiger partial charge in [0.1, 0.15) is 0 Å². The Morgan fingerprint density at radius 1 is 0.885 bits per heavy atom. The van der Waals surface area contributed by atoms with Gasteiger partial charge in [0.05, 0.1) is 0 Å². The lowest BCUT2D eigenvalue weighted by atomic mass is 9.75. The third-order valence-electron chi connectivity index (χ3n) is 5.52. The summed E-state index contributed by atoms with van der Waals surface area (Å²) in [6, 6.07) is 13.3. The molecule has 0 N–H and O–H groups in total. The molecule has 0 aromatic heterocycles. The number of fused-ring (bicyclic) bond motifs is 3. The lowest BCUT2D eigenvalue weighted by molar-refractivity contribution is 0.487. The van der Waals surface area contributed by atoms with Crippen molar-refractivity contribution in [3.63, 3.8) is 0 Å². The van der Waals surface area contributed by atoms with Crippen molar-refractivity contribution in [3.05, 3.63) is 58.7 Å². The van der Waals surface area contributed by atoms with Crippen LogP contribution in [0.3, 0.4) is 0 Å². The van der Waals surface area contributed by atoms with Crippen LogP contribution in [0.4, 0.5) is 0 Å². The first-order valence-corrected chi connectivity index (χ1v) is 9.96. The van der Waals surface area contributed by atoms with E-state index in [1.807, 2.05) is 6.92 Å². The first-order valence-electron chi connectivity index (χ1n) is 9.51. The Morgan fingerprint density at radius 3 is 2.04 bits per heavy atom. The Morgan fingerprint density at radius 2 is 1.50 bits per heavy atom. The van der Waals surface area contributed by atoms with E-state index >= 15 is 0 Å². The summed E-state index contributed by atoms with van der Waals surface area (Å²) in [6.07, 6.45) is 6.27. The van der Waals surface area contributed by atoms with Crippen molar-refractivity contribution in [1.29, 1.82) is 0 Å². The second kappa shape index (κ2) is 8.07. The van der Waals surface area contributed by atoms with Crippen molar-refractivity contribution in [3.8, 4) is 34.1 Å². The number of hydrogen-bond acceptors (Lipinski definition) is 1. The molecular formula is C25H26S. The average Bonchev–Trinajstić information content (AvgIpc) is 2.88. The summed E-state index contributed by atoms with van der Waals surface area (Å²) in [5, 5.41) is 2.74. The highest BCUT2D eigenvalue weighted by atomic mass is 32.1. The fourth-order valence-electron chi connectivity index (χ4n) is 4.16. The van der Waals surface area contributed by atoms with Crippen LogP contribution in [0, 0.1) is 23.0 Å². The maximum Gasteiger partial charge on any atom is 0.0257 e. The summed E-state index contributed by atoms with van der Waals surface area (Å²) in [6.45, 7) is 6.55. The van der Waals surface area contributed by atoms with Crippen molar-refractivity contribution in [2.75, 3.05) is 0 Å². The fourth-order valence-corrected chi connectivity index (χ4v) is 4.28. The summed E-state index contributed by atoms with van der Waals surface area (Å²) in [5.74, 6) is 9.36. The number of unbranched alkanes of at least 4 members (excludes halogenated alkanes) is 3. The van der Waals surface area contributed by atoms with Crippen molar-refractivity contribution >= 4 is 12.6 Å². The van der Waals surface area contributed by atoms with Crippen LogP contribution in [-0.2, 0) is 5.41 Å². The molecule has 3 rings (SSSR count). The molecule has 0 amide bonds. The molecule has 0 radical (unpaired) electrons. The molecule has 0 fully saturated rings. The molecule has 0 heterocycles. The van der Waals surface area contributed by atoms with Crippen LogP contribution in [0.25, 0.3) is 11.1 Å². The van der Waals surface area contributed by atoms with E-state index in [2.05, 4.69) is 85.9 Å². The van der Waals surface area contributed by atoms with Gasteiger partial charge in [-0.1, -0.05) is 76.1 Å². The van der Waals surface area contributed by atoms with Gasteiger partial charge in [-0.05, 0) is 65.1 Å². The first kappa shape index (κ1) is 18.7. The predicted molar refractivity (Wildman–Crippen MR) is 116 cm³/mol. The Hall–Kier alpha value is -2.09. The SMILES string of the molecule is CC#Cc1ccc2c(c1)C(C)(CCCCCC)c1cc(C#CS)ccc1-2. The van der Waals surface area contributed by atoms with E-state index in [0.717, 1.165) is 17.5 Å². The van der Waals surface area contributed by atoms with Crippen molar-refractivity contribution < 1.29 is 0 Å². The van der Waals surface area contributed by atoms with E-state index in [0.29, 0.717) is 0 Å². The average molecular weight is 359 g/mol. The summed E-state index contributed by atoms with van der Waals surface area (Å²) in [4.78, 5) is 0. The van der Waals surface area contributed by atoms with Gasteiger partial charge in [-0.3, -0.25) is 0 Å². The number of benzene rings is 2. The standard InChI is InChI=1S/C25H26S/c1-4-6-7-8-15-25(3)23-17-19(9-5-2)10-12-21(23)22-13-11-20(14-16-26)18-24(22)25/h10-13,17-18,26H,4,6-8,15H2,1-3H3. The van der Waals surface area contributed by atoms with Gasteiger partial charge in [-0.15, -0.1) is 5.92 Å². The molecule has 1 heteroatoms. The summed E-state index contributed by atoms with van der Waals surface area (Å²) in [7, 11) is 0. The first-order chi connectivity index (χ1) is 12.6. The van der Waals surface area contributed by atoms with Gasteiger partial charge in [0.15, 0.2) is 0 Å². The molecule has 0 bridgehead atoms. The van der Waals surface area contributed by atoms with Crippen LogP contribution in [0.1, 0.15) is 75.1 Å². The van der Waals surface area contributed by atoms with Crippen molar-refractivity contribution in [2.24, 2.45) is 0 Å². The van der Waals surface area contributed by atoms with Crippen LogP contribution in [0.5, 0.6) is 0 Å². The van der Waals surface area contributed by atoms with Crippen LogP contribution >= 0.6 is 12.6 Å². The van der Waals surface area contributed by atoms with Gasteiger partial charge in [0, 0.05) is 16.5 Å². The number of thiol groups is 1. The highest BCUT2D eigenvalue weighted by molar-refractivity contribution is 7.85. The molecule has 132 valence electrons. The van der Waals surface area contributed by atoms with E-state index in [1.54, 1.807) is 0 Å². The third-order valence-corrected chi connectivity index (χ3v) is 5.63. The van der Waals surface area contributed by atoms with Gasteiger partial charge in [-0.2, -0.15) is 0 Å². The smallest absolute Gasteiger partial charge is 0.0257 e. The molecule has 0 saturated heterocycles. The van der Waals surface area contributed by atoms with Crippen LogP contribution < -0.4 is 0 Å². The number of hydrogen-bond donors (Lipinski definition) is 1. The topological polar surface area (TPSA) is 0 Å². The Kier molecular flexibility index (Phi) is 5.80. The molecule has 1 aliphatic carbocycles. The zero-order chi connectivity index (χ0) is 18.6. The lowest BCUT2D eigenvalue weighted by Crippen LogP contribution is -2.21. The van der Waals surface area contributed by atoms with E-state index in [9.17, 15) is 0 Å². The quantitative estimate of drug-likeness (QED) is 0.349. The highest BCUT2D eigenvalue weighted by Crippen LogP contribution is 2.51. The minimum absolute atomic E-state index is 0.0259. The number of rotatable bonds is 5. The predicted octanol–water partition coefficient (Wildman–Crippen LogP) is 6.55. The van der Waals surface area contributed by atoms with Gasteiger partial charge in [-0.25, -0.2) is 0 Å². The van der Waals surface area contributed by atoms with E-state index in [4.69, 9.17) is 0 Å². The molecule has 0 spiro atoms. The van der Waals surface area contributed by atoms with Gasteiger partial charge < -0.3 is 0 Å². The molecule has 1 aliphatic rings. The maximum atomic E-state index is 4.07. The second-order valence-electron chi connectivity index (χ2n) is 7.28. The zero-order valence-electron chi connectivity index (χ0n) is 15.9. The molecule has 0 aliphatic heterocycles. The monoisotopic (exact) mass is 358 g/mol. The minimum Gasteiger partial charge on any atom is -0.101 e. The molecule has 0 nitrogen and oxygen atoms in total.